The fourth-order valence-electron chi connectivity index (χ4n) is 2.71. The minimum atomic E-state index is -0.693. The van der Waals surface area contributed by atoms with Crippen molar-refractivity contribution in [2.24, 2.45) is 17.6 Å². The Hall–Kier alpha value is -0.570. The van der Waals surface area contributed by atoms with E-state index in [0.717, 1.165) is 32.1 Å². The van der Waals surface area contributed by atoms with Crippen molar-refractivity contribution < 1.29 is 9.90 Å². The van der Waals surface area contributed by atoms with Crippen molar-refractivity contribution in [1.29, 1.82) is 0 Å². The van der Waals surface area contributed by atoms with Crippen LogP contribution in [0.4, 0.5) is 0 Å². The molecule has 3 rings (SSSR count). The average molecular weight is 169 g/mol. The number of rotatable bonds is 1. The summed E-state index contributed by atoms with van der Waals surface area (Å²) >= 11 is 0. The molecule has 0 spiro atoms. The van der Waals surface area contributed by atoms with Gasteiger partial charge in [-0.3, -0.25) is 4.79 Å². The second kappa shape index (κ2) is 2.46. The highest BCUT2D eigenvalue weighted by molar-refractivity contribution is 5.72. The summed E-state index contributed by atoms with van der Waals surface area (Å²) in [5, 5.41) is 8.95. The van der Waals surface area contributed by atoms with Gasteiger partial charge in [-0.2, -0.15) is 0 Å². The van der Waals surface area contributed by atoms with E-state index in [1.54, 1.807) is 0 Å². The molecule has 0 unspecified atom stereocenters. The summed E-state index contributed by atoms with van der Waals surface area (Å²) in [7, 11) is 0. The van der Waals surface area contributed by atoms with Crippen molar-refractivity contribution >= 4 is 5.97 Å². The molecule has 2 bridgehead atoms. The van der Waals surface area contributed by atoms with Gasteiger partial charge in [0.1, 0.15) is 0 Å². The first kappa shape index (κ1) is 8.05. The molecule has 0 aromatic rings. The van der Waals surface area contributed by atoms with E-state index in [2.05, 4.69) is 0 Å². The van der Waals surface area contributed by atoms with Gasteiger partial charge in [-0.15, -0.1) is 0 Å². The van der Waals surface area contributed by atoms with Crippen LogP contribution in [0.25, 0.3) is 0 Å². The lowest BCUT2D eigenvalue weighted by atomic mass is 9.60. The van der Waals surface area contributed by atoms with Crippen LogP contribution in [0.3, 0.4) is 0 Å². The normalized spacial score (nSPS) is 46.1. The summed E-state index contributed by atoms with van der Waals surface area (Å²) in [5.74, 6) is -0.330. The summed E-state index contributed by atoms with van der Waals surface area (Å²) < 4.78 is 0. The number of aliphatic carboxylic acids is 1. The van der Waals surface area contributed by atoms with Gasteiger partial charge in [0.15, 0.2) is 0 Å². The van der Waals surface area contributed by atoms with Crippen LogP contribution in [0.5, 0.6) is 0 Å². The molecule has 0 radical (unpaired) electrons. The molecular weight excluding hydrogens is 154 g/mol. The molecule has 3 saturated carbocycles. The van der Waals surface area contributed by atoms with Gasteiger partial charge in [0.25, 0.3) is 0 Å². The fraction of sp³-hybridized carbons (Fsp3) is 0.889. The molecule has 0 aromatic carbocycles. The number of carbonyl (C=O) groups is 1. The second-order valence-electron chi connectivity index (χ2n) is 4.30. The van der Waals surface area contributed by atoms with Gasteiger partial charge in [-0.1, -0.05) is 0 Å². The summed E-state index contributed by atoms with van der Waals surface area (Å²) in [6.07, 6.45) is 4.91. The van der Waals surface area contributed by atoms with Crippen molar-refractivity contribution in [3.63, 3.8) is 0 Å². The van der Waals surface area contributed by atoms with Crippen molar-refractivity contribution in [3.05, 3.63) is 0 Å². The molecule has 3 N–H and O–H groups in total. The van der Waals surface area contributed by atoms with Gasteiger partial charge in [-0.25, -0.2) is 0 Å². The molecule has 3 fully saturated rings. The van der Waals surface area contributed by atoms with Crippen molar-refractivity contribution in [2.45, 2.75) is 37.6 Å². The number of hydrogen-bond donors (Lipinski definition) is 2. The monoisotopic (exact) mass is 169 g/mol. The zero-order chi connectivity index (χ0) is 8.77. The molecule has 3 aliphatic rings. The van der Waals surface area contributed by atoms with Crippen molar-refractivity contribution in [2.75, 3.05) is 0 Å². The average Bonchev–Trinajstić information content (AvgIpc) is 2.04. The zero-order valence-corrected chi connectivity index (χ0v) is 7.12. The summed E-state index contributed by atoms with van der Waals surface area (Å²) in [6, 6.07) is 0. The molecule has 0 aliphatic heterocycles. The SMILES string of the molecule is NC12CCC(CC1)C[C@H]2C(=O)O. The maximum atomic E-state index is 10.9. The first-order valence-electron chi connectivity index (χ1n) is 4.63. The Morgan fingerprint density at radius 1 is 1.42 bits per heavy atom. The first-order chi connectivity index (χ1) is 5.62. The number of hydrogen-bond acceptors (Lipinski definition) is 2. The van der Waals surface area contributed by atoms with Gasteiger partial charge in [0, 0.05) is 5.54 Å². The fourth-order valence-corrected chi connectivity index (χ4v) is 2.71. The van der Waals surface area contributed by atoms with Crippen LogP contribution in [-0.2, 0) is 4.79 Å². The van der Waals surface area contributed by atoms with Crippen LogP contribution in [0.1, 0.15) is 32.1 Å². The number of nitrogens with two attached hydrogens (primary N) is 1. The van der Waals surface area contributed by atoms with Gasteiger partial charge in [-0.05, 0) is 38.0 Å². The molecule has 68 valence electrons. The van der Waals surface area contributed by atoms with Gasteiger partial charge in [0.05, 0.1) is 5.92 Å². The molecule has 12 heavy (non-hydrogen) atoms. The Kier molecular flexibility index (Phi) is 1.65. The lowest BCUT2D eigenvalue weighted by Gasteiger charge is -2.48. The summed E-state index contributed by atoms with van der Waals surface area (Å²) in [5.41, 5.74) is 5.69. The van der Waals surface area contributed by atoms with E-state index in [1.165, 1.54) is 0 Å². The van der Waals surface area contributed by atoms with Gasteiger partial charge >= 0.3 is 5.97 Å². The number of fused-ring (bicyclic) bond motifs is 3. The molecule has 0 amide bonds. The van der Waals surface area contributed by atoms with Crippen LogP contribution < -0.4 is 5.73 Å². The number of carboxylic acids is 1. The Labute approximate surface area is 71.9 Å². The molecular formula is C9H15NO2. The summed E-state index contributed by atoms with van der Waals surface area (Å²) in [6.45, 7) is 0. The third-order valence-electron chi connectivity index (χ3n) is 3.60. The van der Waals surface area contributed by atoms with Crippen LogP contribution in [0, 0.1) is 11.8 Å². The highest BCUT2D eigenvalue weighted by Gasteiger charge is 2.48. The Morgan fingerprint density at radius 3 is 2.33 bits per heavy atom. The second-order valence-corrected chi connectivity index (χ2v) is 4.30. The van der Waals surface area contributed by atoms with E-state index in [1.807, 2.05) is 0 Å². The lowest BCUT2D eigenvalue weighted by Crippen LogP contribution is -2.57. The molecule has 0 aromatic heterocycles. The highest BCUT2D eigenvalue weighted by Crippen LogP contribution is 2.46. The van der Waals surface area contributed by atoms with E-state index >= 15 is 0 Å². The van der Waals surface area contributed by atoms with Gasteiger partial charge in [0.2, 0.25) is 0 Å². The maximum Gasteiger partial charge on any atom is 0.308 e. The molecule has 1 atom stereocenters. The largest absolute Gasteiger partial charge is 0.481 e. The standard InChI is InChI=1S/C9H15NO2/c10-9-3-1-6(2-4-9)5-7(9)8(11)12/h6-7H,1-5,10H2,(H,11,12)/t6?,7-,9?/m0/s1. The van der Waals surface area contributed by atoms with E-state index in [0.29, 0.717) is 5.92 Å². The molecule has 3 nitrogen and oxygen atoms in total. The van der Waals surface area contributed by atoms with Crippen molar-refractivity contribution in [3.8, 4) is 0 Å². The van der Waals surface area contributed by atoms with Gasteiger partial charge < -0.3 is 10.8 Å². The third-order valence-corrected chi connectivity index (χ3v) is 3.60. The van der Waals surface area contributed by atoms with Crippen LogP contribution in [0.2, 0.25) is 0 Å². The third kappa shape index (κ3) is 1.04. The molecule has 3 aliphatic carbocycles. The first-order valence-corrected chi connectivity index (χ1v) is 4.63. The van der Waals surface area contributed by atoms with E-state index in [-0.39, 0.29) is 11.5 Å². The molecule has 0 heterocycles. The Bertz CT molecular complexity index is 207. The highest BCUT2D eigenvalue weighted by atomic mass is 16.4. The van der Waals surface area contributed by atoms with Crippen LogP contribution in [-0.4, -0.2) is 16.6 Å². The molecule has 3 heteroatoms. The van der Waals surface area contributed by atoms with Crippen LogP contribution >= 0.6 is 0 Å². The van der Waals surface area contributed by atoms with E-state index in [9.17, 15) is 4.79 Å². The minimum absolute atomic E-state index is 0.273. The summed E-state index contributed by atoms with van der Waals surface area (Å²) in [4.78, 5) is 10.9. The Morgan fingerprint density at radius 2 is 2.00 bits per heavy atom. The number of carboxylic acid groups (broad SMARTS) is 1. The van der Waals surface area contributed by atoms with E-state index < -0.39 is 5.97 Å². The predicted octanol–water partition coefficient (Wildman–Crippen LogP) is 0.979. The topological polar surface area (TPSA) is 63.3 Å². The predicted molar refractivity (Wildman–Crippen MR) is 44.6 cm³/mol. The Balaban J connectivity index is 2.20. The maximum absolute atomic E-state index is 10.9. The van der Waals surface area contributed by atoms with Crippen molar-refractivity contribution in [1.82, 2.24) is 0 Å². The lowest BCUT2D eigenvalue weighted by molar-refractivity contribution is -0.148. The minimum Gasteiger partial charge on any atom is -0.481 e. The van der Waals surface area contributed by atoms with E-state index in [4.69, 9.17) is 10.8 Å². The van der Waals surface area contributed by atoms with Crippen LogP contribution in [0.15, 0.2) is 0 Å². The molecule has 0 saturated heterocycles. The zero-order valence-electron chi connectivity index (χ0n) is 7.12. The quantitative estimate of drug-likeness (QED) is 0.615. The smallest absolute Gasteiger partial charge is 0.308 e.